The Balaban J connectivity index is 1.51. The fraction of sp³-hybridized carbons (Fsp3) is 0.125. The molecular formula is C32H28N4. The number of rotatable bonds is 6. The van der Waals surface area contributed by atoms with Gasteiger partial charge in [0.25, 0.3) is 0 Å². The average Bonchev–Trinajstić information content (AvgIpc) is 3.28. The van der Waals surface area contributed by atoms with Gasteiger partial charge in [-0.05, 0) is 85.1 Å². The first-order chi connectivity index (χ1) is 17.7. The van der Waals surface area contributed by atoms with E-state index in [1.54, 1.807) is 0 Å². The Morgan fingerprint density at radius 2 is 1.39 bits per heavy atom. The Kier molecular flexibility index (Phi) is 5.70. The van der Waals surface area contributed by atoms with Gasteiger partial charge in [0.2, 0.25) is 0 Å². The van der Waals surface area contributed by atoms with E-state index in [1.165, 1.54) is 33.4 Å². The highest BCUT2D eigenvalue weighted by atomic mass is 15.2. The minimum absolute atomic E-state index is 0.372. The molecule has 0 saturated heterocycles. The van der Waals surface area contributed by atoms with Crippen LogP contribution in [0.25, 0.3) is 38.6 Å². The van der Waals surface area contributed by atoms with Gasteiger partial charge in [-0.2, -0.15) is 0 Å². The minimum atomic E-state index is 0.372. The monoisotopic (exact) mass is 468 g/mol. The molecule has 0 fully saturated rings. The lowest BCUT2D eigenvalue weighted by Crippen LogP contribution is -2.27. The van der Waals surface area contributed by atoms with Crippen LogP contribution in [0.15, 0.2) is 116 Å². The zero-order valence-electron chi connectivity index (χ0n) is 20.5. The highest BCUT2D eigenvalue weighted by Gasteiger charge is 2.18. The maximum Gasteiger partial charge on any atom is 0.0571 e. The number of fused-ring (bicyclic) bond motifs is 3. The van der Waals surface area contributed by atoms with Gasteiger partial charge in [-0.1, -0.05) is 37.3 Å². The third-order valence-electron chi connectivity index (χ3n) is 7.03. The molecule has 0 N–H and O–H groups in total. The van der Waals surface area contributed by atoms with Crippen molar-refractivity contribution in [3.63, 3.8) is 0 Å². The summed E-state index contributed by atoms with van der Waals surface area (Å²) < 4.78 is 2.34. The second-order valence-electron chi connectivity index (χ2n) is 9.18. The molecule has 3 heterocycles. The Hall–Kier alpha value is -4.44. The topological polar surface area (TPSA) is 34.0 Å². The van der Waals surface area contributed by atoms with Gasteiger partial charge in [-0.15, -0.1) is 0 Å². The summed E-state index contributed by atoms with van der Waals surface area (Å²) in [4.78, 5) is 11.0. The molecule has 3 aromatic carbocycles. The Labute approximate surface area is 211 Å². The summed E-state index contributed by atoms with van der Waals surface area (Å²) in [7, 11) is 0. The van der Waals surface area contributed by atoms with Crippen molar-refractivity contribution >= 4 is 33.2 Å². The minimum Gasteiger partial charge on any atom is -0.339 e. The first kappa shape index (κ1) is 22.1. The fourth-order valence-corrected chi connectivity index (χ4v) is 5.06. The number of nitrogens with zero attached hydrogens (tertiary/aromatic N) is 4. The van der Waals surface area contributed by atoms with Crippen molar-refractivity contribution in [3.05, 3.63) is 116 Å². The van der Waals surface area contributed by atoms with Crippen LogP contribution in [0.3, 0.4) is 0 Å². The normalized spacial score (nSPS) is 12.2. The number of hydrogen-bond acceptors (Lipinski definition) is 3. The standard InChI is InChI=1S/C32H28N4/c1-3-23(2)35(26-7-5-4-6-8-26)28-13-14-31-29(21-28)30-22-34-20-17-32(30)36(31)27-11-9-24(10-12-27)25-15-18-33-19-16-25/h4-23H,3H2,1-2H3. The van der Waals surface area contributed by atoms with Crippen molar-refractivity contribution in [1.29, 1.82) is 0 Å². The van der Waals surface area contributed by atoms with Gasteiger partial charge in [0.05, 0.1) is 11.0 Å². The molecule has 6 rings (SSSR count). The zero-order valence-corrected chi connectivity index (χ0v) is 20.5. The van der Waals surface area contributed by atoms with Gasteiger partial charge in [0.15, 0.2) is 0 Å². The smallest absolute Gasteiger partial charge is 0.0571 e. The fourth-order valence-electron chi connectivity index (χ4n) is 5.06. The molecule has 3 aromatic heterocycles. The quantitative estimate of drug-likeness (QED) is 0.247. The molecule has 6 aromatic rings. The molecule has 0 amide bonds. The summed E-state index contributed by atoms with van der Waals surface area (Å²) >= 11 is 0. The number of benzene rings is 3. The lowest BCUT2D eigenvalue weighted by Gasteiger charge is -2.31. The molecule has 1 atom stereocenters. The largest absolute Gasteiger partial charge is 0.339 e. The van der Waals surface area contributed by atoms with Crippen LogP contribution in [-0.4, -0.2) is 20.6 Å². The van der Waals surface area contributed by atoms with E-state index in [0.29, 0.717) is 6.04 Å². The molecule has 0 saturated carbocycles. The summed E-state index contributed by atoms with van der Waals surface area (Å²) in [6.45, 7) is 4.52. The van der Waals surface area contributed by atoms with Gasteiger partial charge < -0.3 is 9.47 Å². The van der Waals surface area contributed by atoms with E-state index in [4.69, 9.17) is 0 Å². The molecule has 0 spiro atoms. The molecule has 176 valence electrons. The van der Waals surface area contributed by atoms with Crippen molar-refractivity contribution < 1.29 is 0 Å². The number of aromatic nitrogens is 3. The lowest BCUT2D eigenvalue weighted by molar-refractivity contribution is 0.688. The molecule has 4 heteroatoms. The van der Waals surface area contributed by atoms with E-state index >= 15 is 0 Å². The summed E-state index contributed by atoms with van der Waals surface area (Å²) in [6, 6.07) is 32.8. The summed E-state index contributed by atoms with van der Waals surface area (Å²) in [5.74, 6) is 0. The number of para-hydroxylation sites is 1. The lowest BCUT2D eigenvalue weighted by atomic mass is 10.1. The highest BCUT2D eigenvalue weighted by Crippen LogP contribution is 2.37. The van der Waals surface area contributed by atoms with Crippen molar-refractivity contribution in [3.8, 4) is 16.8 Å². The van der Waals surface area contributed by atoms with E-state index in [2.05, 4.69) is 112 Å². The van der Waals surface area contributed by atoms with Crippen LogP contribution in [0.5, 0.6) is 0 Å². The van der Waals surface area contributed by atoms with Crippen LogP contribution in [0.1, 0.15) is 20.3 Å². The summed E-state index contributed by atoms with van der Waals surface area (Å²) in [6.07, 6.45) is 8.58. The SMILES string of the molecule is CCC(C)N(c1ccccc1)c1ccc2c(c1)c1cnccc1n2-c1ccc(-c2ccncc2)cc1. The average molecular weight is 469 g/mol. The molecular weight excluding hydrogens is 440 g/mol. The van der Waals surface area contributed by atoms with Crippen molar-refractivity contribution in [1.82, 2.24) is 14.5 Å². The summed E-state index contributed by atoms with van der Waals surface area (Å²) in [5.41, 5.74) is 8.21. The molecule has 1 unspecified atom stereocenters. The van der Waals surface area contributed by atoms with Crippen LogP contribution in [0.2, 0.25) is 0 Å². The highest BCUT2D eigenvalue weighted by molar-refractivity contribution is 6.10. The number of pyridine rings is 2. The molecule has 0 aliphatic rings. The van der Waals surface area contributed by atoms with E-state index in [1.807, 2.05) is 36.9 Å². The van der Waals surface area contributed by atoms with Crippen LogP contribution in [0, 0.1) is 0 Å². The Morgan fingerprint density at radius 1 is 0.694 bits per heavy atom. The van der Waals surface area contributed by atoms with Crippen LogP contribution < -0.4 is 4.90 Å². The zero-order chi connectivity index (χ0) is 24.5. The Bertz CT molecular complexity index is 1620. The second-order valence-corrected chi connectivity index (χ2v) is 9.18. The van der Waals surface area contributed by atoms with Gasteiger partial charge in [0.1, 0.15) is 0 Å². The van der Waals surface area contributed by atoms with Crippen molar-refractivity contribution in [2.45, 2.75) is 26.3 Å². The van der Waals surface area contributed by atoms with Crippen LogP contribution >= 0.6 is 0 Å². The van der Waals surface area contributed by atoms with Gasteiger partial charge in [-0.3, -0.25) is 9.97 Å². The number of anilines is 2. The van der Waals surface area contributed by atoms with E-state index in [-0.39, 0.29) is 0 Å². The molecule has 4 nitrogen and oxygen atoms in total. The van der Waals surface area contributed by atoms with E-state index in [0.717, 1.165) is 23.0 Å². The predicted octanol–water partition coefficient (Wildman–Crippen LogP) is 8.18. The molecule has 0 radical (unpaired) electrons. The predicted molar refractivity (Wildman–Crippen MR) is 150 cm³/mol. The third kappa shape index (κ3) is 3.81. The molecule has 0 bridgehead atoms. The first-order valence-electron chi connectivity index (χ1n) is 12.5. The molecule has 0 aliphatic heterocycles. The third-order valence-corrected chi connectivity index (χ3v) is 7.03. The van der Waals surface area contributed by atoms with Crippen LogP contribution in [-0.2, 0) is 0 Å². The van der Waals surface area contributed by atoms with Crippen LogP contribution in [0.4, 0.5) is 11.4 Å². The van der Waals surface area contributed by atoms with Crippen molar-refractivity contribution in [2.24, 2.45) is 0 Å². The maximum atomic E-state index is 4.47. The van der Waals surface area contributed by atoms with Gasteiger partial charge in [0, 0.05) is 58.7 Å². The first-order valence-corrected chi connectivity index (χ1v) is 12.5. The van der Waals surface area contributed by atoms with Gasteiger partial charge >= 0.3 is 0 Å². The van der Waals surface area contributed by atoms with Gasteiger partial charge in [-0.25, -0.2) is 0 Å². The van der Waals surface area contributed by atoms with E-state index in [9.17, 15) is 0 Å². The Morgan fingerprint density at radius 3 is 2.14 bits per heavy atom. The maximum absolute atomic E-state index is 4.47. The molecule has 0 aliphatic carbocycles. The number of hydrogen-bond donors (Lipinski definition) is 0. The van der Waals surface area contributed by atoms with E-state index < -0.39 is 0 Å². The van der Waals surface area contributed by atoms with Crippen molar-refractivity contribution in [2.75, 3.05) is 4.90 Å². The second kappa shape index (κ2) is 9.31. The molecule has 36 heavy (non-hydrogen) atoms. The summed E-state index contributed by atoms with van der Waals surface area (Å²) in [5, 5.41) is 2.36.